The van der Waals surface area contributed by atoms with E-state index in [-0.39, 0.29) is 30.2 Å². The van der Waals surface area contributed by atoms with Crippen molar-refractivity contribution in [1.82, 2.24) is 5.32 Å². The van der Waals surface area contributed by atoms with Crippen molar-refractivity contribution in [1.29, 1.82) is 0 Å². The summed E-state index contributed by atoms with van der Waals surface area (Å²) in [4.78, 5) is 35.3. The Morgan fingerprint density at radius 2 is 1.97 bits per heavy atom. The Bertz CT molecular complexity index is 764. The molecule has 0 aromatic carbocycles. The van der Waals surface area contributed by atoms with E-state index in [1.807, 2.05) is 13.0 Å². The number of unbranched alkanes of at least 4 members (excludes halogenated alkanes) is 1. The average molecular weight is 420 g/mol. The van der Waals surface area contributed by atoms with E-state index in [0.29, 0.717) is 18.8 Å². The SMILES string of the molecule is CC(C)=C[C@@H](C)C[C@@H](C)/C=C/C(=O)NC1=C[C@](O)(CCCCC(=O)O)[C@H]2O[C@@H]2C1=O. The van der Waals surface area contributed by atoms with Gasteiger partial charge in [-0.15, -0.1) is 0 Å². The monoisotopic (exact) mass is 419 g/mol. The van der Waals surface area contributed by atoms with Gasteiger partial charge in [0.15, 0.2) is 6.10 Å². The second kappa shape index (κ2) is 10.2. The van der Waals surface area contributed by atoms with Crippen LogP contribution in [0.25, 0.3) is 0 Å². The molecule has 1 saturated heterocycles. The summed E-state index contributed by atoms with van der Waals surface area (Å²) < 4.78 is 5.33. The minimum Gasteiger partial charge on any atom is -0.481 e. The van der Waals surface area contributed by atoms with Gasteiger partial charge in [0.2, 0.25) is 11.7 Å². The summed E-state index contributed by atoms with van der Waals surface area (Å²) in [6.07, 6.45) is 7.50. The van der Waals surface area contributed by atoms with Crippen LogP contribution in [0.1, 0.15) is 59.8 Å². The van der Waals surface area contributed by atoms with E-state index in [9.17, 15) is 19.5 Å². The summed E-state index contributed by atoms with van der Waals surface area (Å²) >= 11 is 0. The second-order valence-corrected chi connectivity index (χ2v) is 8.77. The molecule has 0 aromatic rings. The van der Waals surface area contributed by atoms with Crippen molar-refractivity contribution in [2.45, 2.75) is 77.6 Å². The van der Waals surface area contributed by atoms with Crippen molar-refractivity contribution >= 4 is 17.7 Å². The number of hydrogen-bond donors (Lipinski definition) is 3. The van der Waals surface area contributed by atoms with Crippen LogP contribution in [0.3, 0.4) is 0 Å². The van der Waals surface area contributed by atoms with Crippen molar-refractivity contribution in [3.63, 3.8) is 0 Å². The number of allylic oxidation sites excluding steroid dienone is 3. The highest BCUT2D eigenvalue weighted by Gasteiger charge is 2.60. The van der Waals surface area contributed by atoms with Gasteiger partial charge >= 0.3 is 5.97 Å². The maximum atomic E-state index is 12.4. The molecule has 1 heterocycles. The first-order chi connectivity index (χ1) is 14.0. The Morgan fingerprint density at radius 3 is 2.60 bits per heavy atom. The highest BCUT2D eigenvalue weighted by atomic mass is 16.6. The number of carbonyl (C=O) groups is 3. The van der Waals surface area contributed by atoms with Gasteiger partial charge in [-0.05, 0) is 63.5 Å². The molecule has 1 amide bonds. The molecule has 0 radical (unpaired) electrons. The number of epoxide rings is 1. The molecule has 0 unspecified atom stereocenters. The molecule has 7 heteroatoms. The van der Waals surface area contributed by atoms with Crippen molar-refractivity contribution < 1.29 is 29.3 Å². The summed E-state index contributed by atoms with van der Waals surface area (Å²) in [7, 11) is 0. The molecule has 0 saturated carbocycles. The van der Waals surface area contributed by atoms with Gasteiger partial charge in [0.1, 0.15) is 11.7 Å². The Balaban J connectivity index is 1.94. The molecule has 2 rings (SSSR count). The van der Waals surface area contributed by atoms with Crippen LogP contribution in [0, 0.1) is 11.8 Å². The molecule has 7 nitrogen and oxygen atoms in total. The molecule has 3 N–H and O–H groups in total. The number of amides is 1. The summed E-state index contributed by atoms with van der Waals surface area (Å²) in [6, 6.07) is 0. The van der Waals surface area contributed by atoms with Crippen LogP contribution < -0.4 is 5.32 Å². The predicted octanol–water partition coefficient (Wildman–Crippen LogP) is 2.90. The van der Waals surface area contributed by atoms with Gasteiger partial charge in [-0.25, -0.2) is 0 Å². The number of Topliss-reactive ketones (excluding diaryl/α,β-unsaturated/α-hetero) is 1. The van der Waals surface area contributed by atoms with Gasteiger partial charge in [-0.3, -0.25) is 14.4 Å². The van der Waals surface area contributed by atoms with E-state index in [1.165, 1.54) is 17.7 Å². The quantitative estimate of drug-likeness (QED) is 0.205. The number of carboxylic acid groups (broad SMARTS) is 1. The Kier molecular flexibility index (Phi) is 8.15. The van der Waals surface area contributed by atoms with Gasteiger partial charge in [-0.1, -0.05) is 31.6 Å². The first-order valence-electron chi connectivity index (χ1n) is 10.5. The molecule has 1 aliphatic heterocycles. The van der Waals surface area contributed by atoms with E-state index < -0.39 is 29.7 Å². The van der Waals surface area contributed by atoms with Gasteiger partial charge < -0.3 is 20.3 Å². The Labute approximate surface area is 177 Å². The second-order valence-electron chi connectivity index (χ2n) is 8.77. The highest BCUT2D eigenvalue weighted by Crippen LogP contribution is 2.42. The van der Waals surface area contributed by atoms with Crippen LogP contribution in [-0.4, -0.2) is 45.7 Å². The van der Waals surface area contributed by atoms with Crippen LogP contribution in [0.4, 0.5) is 0 Å². The lowest BCUT2D eigenvalue weighted by Gasteiger charge is -2.26. The van der Waals surface area contributed by atoms with Crippen LogP contribution in [0.2, 0.25) is 0 Å². The summed E-state index contributed by atoms with van der Waals surface area (Å²) in [5.74, 6) is -1.06. The number of ether oxygens (including phenoxy) is 1. The van der Waals surface area contributed by atoms with Gasteiger partial charge in [0, 0.05) is 6.42 Å². The zero-order valence-electron chi connectivity index (χ0n) is 18.2. The average Bonchev–Trinajstić information content (AvgIpc) is 3.43. The summed E-state index contributed by atoms with van der Waals surface area (Å²) in [5.41, 5.74) is -0.0823. The van der Waals surface area contributed by atoms with Crippen LogP contribution in [-0.2, 0) is 19.1 Å². The third-order valence-electron chi connectivity index (χ3n) is 5.32. The van der Waals surface area contributed by atoms with Crippen LogP contribution >= 0.6 is 0 Å². The minimum absolute atomic E-state index is 0.0203. The molecule has 0 bridgehead atoms. The largest absolute Gasteiger partial charge is 0.481 e. The minimum atomic E-state index is -1.38. The zero-order chi connectivity index (χ0) is 22.5. The molecule has 166 valence electrons. The lowest BCUT2D eigenvalue weighted by atomic mass is 9.84. The lowest BCUT2D eigenvalue weighted by Crippen LogP contribution is -2.43. The molecular formula is C23H33NO6. The predicted molar refractivity (Wildman–Crippen MR) is 112 cm³/mol. The number of fused-ring (bicyclic) bond motifs is 1. The molecule has 2 aliphatic rings. The van der Waals surface area contributed by atoms with E-state index >= 15 is 0 Å². The third-order valence-corrected chi connectivity index (χ3v) is 5.32. The normalized spacial score (nSPS) is 27.1. The molecule has 1 aliphatic carbocycles. The third kappa shape index (κ3) is 6.92. The van der Waals surface area contributed by atoms with Crippen LogP contribution in [0.5, 0.6) is 0 Å². The lowest BCUT2D eigenvalue weighted by molar-refractivity contribution is -0.137. The number of aliphatic hydroxyl groups is 1. The molecule has 0 aromatic heterocycles. The van der Waals surface area contributed by atoms with E-state index in [2.05, 4.69) is 32.2 Å². The molecule has 1 fully saturated rings. The van der Waals surface area contributed by atoms with Gasteiger partial charge in [0.25, 0.3) is 0 Å². The Morgan fingerprint density at radius 1 is 1.27 bits per heavy atom. The maximum Gasteiger partial charge on any atom is 0.303 e. The number of hydrogen-bond acceptors (Lipinski definition) is 5. The van der Waals surface area contributed by atoms with Gasteiger partial charge in [-0.2, -0.15) is 0 Å². The summed E-state index contributed by atoms with van der Waals surface area (Å²) in [6.45, 7) is 8.27. The topological polar surface area (TPSA) is 116 Å². The van der Waals surface area contributed by atoms with Crippen molar-refractivity contribution in [2.75, 3.05) is 0 Å². The molecule has 0 spiro atoms. The van der Waals surface area contributed by atoms with Crippen molar-refractivity contribution in [2.24, 2.45) is 11.8 Å². The van der Waals surface area contributed by atoms with Crippen molar-refractivity contribution in [3.05, 3.63) is 35.6 Å². The number of ketones is 1. The molecule has 5 atom stereocenters. The molecule has 30 heavy (non-hydrogen) atoms. The fourth-order valence-electron chi connectivity index (χ4n) is 3.97. The summed E-state index contributed by atoms with van der Waals surface area (Å²) in [5, 5.41) is 22.2. The van der Waals surface area contributed by atoms with Crippen molar-refractivity contribution in [3.8, 4) is 0 Å². The number of rotatable bonds is 11. The highest BCUT2D eigenvalue weighted by molar-refractivity contribution is 6.06. The fraction of sp³-hybridized carbons (Fsp3) is 0.609. The van der Waals surface area contributed by atoms with Gasteiger partial charge in [0.05, 0.1) is 5.70 Å². The molecular weight excluding hydrogens is 386 g/mol. The fourth-order valence-corrected chi connectivity index (χ4v) is 3.97. The number of nitrogens with one attached hydrogen (secondary N) is 1. The number of carbonyl (C=O) groups excluding carboxylic acids is 2. The first-order valence-corrected chi connectivity index (χ1v) is 10.5. The van der Waals surface area contributed by atoms with E-state index in [4.69, 9.17) is 9.84 Å². The maximum absolute atomic E-state index is 12.4. The zero-order valence-corrected chi connectivity index (χ0v) is 18.2. The number of aliphatic carboxylic acids is 1. The van der Waals surface area contributed by atoms with E-state index in [1.54, 1.807) is 0 Å². The Hall–Kier alpha value is -2.25. The first kappa shape index (κ1) is 24.0. The van der Waals surface area contributed by atoms with E-state index in [0.717, 1.165) is 6.42 Å². The smallest absolute Gasteiger partial charge is 0.303 e. The van der Waals surface area contributed by atoms with Crippen LogP contribution in [0.15, 0.2) is 35.6 Å². The standard InChI is InChI=1S/C23H33NO6/c1-14(2)11-16(4)12-15(3)8-9-18(25)24-17-13-23(29,10-6-5-7-19(26)27)22-21(30-22)20(17)28/h8-9,11,13,15-16,21-22,29H,5-7,10,12H2,1-4H3,(H,24,25)(H,26,27)/b9-8+/t15-,16+,21+,22-,23+/m0/s1. The number of carboxylic acids is 1.